The first-order chi connectivity index (χ1) is 13.0. The lowest BCUT2D eigenvalue weighted by atomic mass is 10.1. The van der Waals surface area contributed by atoms with Gasteiger partial charge in [0, 0.05) is 41.3 Å². The van der Waals surface area contributed by atoms with Gasteiger partial charge in [-0.2, -0.15) is 5.10 Å². The molecule has 0 radical (unpaired) electrons. The van der Waals surface area contributed by atoms with Crippen molar-refractivity contribution in [2.75, 3.05) is 0 Å². The second kappa shape index (κ2) is 7.31. The van der Waals surface area contributed by atoms with Crippen molar-refractivity contribution in [3.63, 3.8) is 0 Å². The van der Waals surface area contributed by atoms with Crippen molar-refractivity contribution in [1.29, 1.82) is 0 Å². The molecule has 4 aromatic rings. The fourth-order valence-corrected chi connectivity index (χ4v) is 3.56. The summed E-state index contributed by atoms with van der Waals surface area (Å²) in [5.41, 5.74) is 3.00. The average Bonchev–Trinajstić information content (AvgIpc) is 3.05. The summed E-state index contributed by atoms with van der Waals surface area (Å²) in [5.74, 6) is 0.650. The van der Waals surface area contributed by atoms with Crippen LogP contribution in [0.2, 0.25) is 15.3 Å². The third-order valence-electron chi connectivity index (χ3n) is 4.04. The summed E-state index contributed by atoms with van der Waals surface area (Å²) >= 11 is 18.2. The number of benzene rings is 1. The molecule has 0 aliphatic heterocycles. The van der Waals surface area contributed by atoms with E-state index < -0.39 is 0 Å². The summed E-state index contributed by atoms with van der Waals surface area (Å²) in [6, 6.07) is 5.63. The largest absolute Gasteiger partial charge is 0.486 e. The van der Waals surface area contributed by atoms with E-state index in [0.29, 0.717) is 27.1 Å². The van der Waals surface area contributed by atoms with Gasteiger partial charge in [0.05, 0.1) is 15.6 Å². The lowest BCUT2D eigenvalue weighted by molar-refractivity contribution is 0.227. The summed E-state index contributed by atoms with van der Waals surface area (Å²) in [5, 5.41) is 9.30. The van der Waals surface area contributed by atoms with Crippen LogP contribution < -0.4 is 4.74 Å². The van der Waals surface area contributed by atoms with Gasteiger partial charge < -0.3 is 4.74 Å². The van der Waals surface area contributed by atoms with E-state index in [4.69, 9.17) is 39.5 Å². The van der Waals surface area contributed by atoms with E-state index >= 15 is 0 Å². The Balaban J connectivity index is 1.69. The molecule has 27 heavy (non-hydrogen) atoms. The van der Waals surface area contributed by atoms with Gasteiger partial charge in [-0.15, -0.1) is 0 Å². The Morgan fingerprint density at radius 3 is 2.41 bits per heavy atom. The molecule has 6 nitrogen and oxygen atoms in total. The smallest absolute Gasteiger partial charge is 0.222 e. The Morgan fingerprint density at radius 1 is 1.00 bits per heavy atom. The number of aromatic amines is 1. The number of ether oxygens (including phenoxy) is 1. The molecule has 0 fully saturated rings. The summed E-state index contributed by atoms with van der Waals surface area (Å²) in [6.45, 7) is 1.88. The maximum Gasteiger partial charge on any atom is 0.222 e. The molecule has 0 aliphatic rings. The summed E-state index contributed by atoms with van der Waals surface area (Å²) in [7, 11) is 0. The predicted octanol–water partition coefficient (Wildman–Crippen LogP) is 5.52. The van der Waals surface area contributed by atoms with Gasteiger partial charge in [0.1, 0.15) is 17.5 Å². The van der Waals surface area contributed by atoms with Crippen LogP contribution in [0, 0.1) is 0 Å². The Bertz CT molecular complexity index is 1090. The van der Waals surface area contributed by atoms with Gasteiger partial charge >= 0.3 is 0 Å². The fraction of sp³-hybridized carbons (Fsp3) is 0.111. The van der Waals surface area contributed by atoms with Crippen LogP contribution in [0.4, 0.5) is 0 Å². The second-order valence-corrected chi connectivity index (χ2v) is 6.95. The van der Waals surface area contributed by atoms with E-state index in [1.165, 1.54) is 0 Å². The van der Waals surface area contributed by atoms with Gasteiger partial charge in [-0.1, -0.05) is 23.2 Å². The van der Waals surface area contributed by atoms with E-state index in [1.807, 2.05) is 25.1 Å². The molecule has 3 heterocycles. The van der Waals surface area contributed by atoms with Crippen LogP contribution in [0.1, 0.15) is 18.6 Å². The number of nitrogens with one attached hydrogen (secondary N) is 1. The SMILES string of the molecule is CC(Oc1ccc2[nH]nc(-c3cnc(Cl)nc3)c2c1)c1c(Cl)cncc1Cl. The zero-order valence-corrected chi connectivity index (χ0v) is 16.2. The highest BCUT2D eigenvalue weighted by Crippen LogP contribution is 2.34. The molecule has 0 amide bonds. The zero-order valence-electron chi connectivity index (χ0n) is 13.9. The fourth-order valence-electron chi connectivity index (χ4n) is 2.79. The van der Waals surface area contributed by atoms with Crippen LogP contribution in [0.15, 0.2) is 43.0 Å². The lowest BCUT2D eigenvalue weighted by Gasteiger charge is -2.17. The molecule has 0 saturated carbocycles. The number of hydrogen-bond donors (Lipinski definition) is 1. The Hall–Kier alpha value is -2.41. The molecular formula is C18H12Cl3N5O. The van der Waals surface area contributed by atoms with Gasteiger partial charge in [0.25, 0.3) is 0 Å². The highest BCUT2D eigenvalue weighted by Gasteiger charge is 2.17. The molecule has 1 N–H and O–H groups in total. The van der Waals surface area contributed by atoms with Crippen LogP contribution in [0.3, 0.4) is 0 Å². The molecular weight excluding hydrogens is 409 g/mol. The van der Waals surface area contributed by atoms with Gasteiger partial charge in [-0.3, -0.25) is 10.1 Å². The maximum atomic E-state index is 6.22. The van der Waals surface area contributed by atoms with Crippen molar-refractivity contribution in [3.05, 3.63) is 63.9 Å². The van der Waals surface area contributed by atoms with Crippen molar-refractivity contribution in [2.45, 2.75) is 13.0 Å². The van der Waals surface area contributed by atoms with Gasteiger partial charge in [-0.25, -0.2) is 9.97 Å². The second-order valence-electron chi connectivity index (χ2n) is 5.80. The molecule has 1 unspecified atom stereocenters. The van der Waals surface area contributed by atoms with Crippen molar-refractivity contribution in [2.24, 2.45) is 0 Å². The quantitative estimate of drug-likeness (QED) is 0.440. The first kappa shape index (κ1) is 18.0. The third kappa shape index (κ3) is 3.56. The molecule has 9 heteroatoms. The van der Waals surface area contributed by atoms with Gasteiger partial charge in [0.2, 0.25) is 5.28 Å². The van der Waals surface area contributed by atoms with Crippen LogP contribution in [-0.2, 0) is 0 Å². The van der Waals surface area contributed by atoms with E-state index in [-0.39, 0.29) is 11.4 Å². The van der Waals surface area contributed by atoms with Gasteiger partial charge in [-0.05, 0) is 36.7 Å². The highest BCUT2D eigenvalue weighted by molar-refractivity contribution is 6.35. The van der Waals surface area contributed by atoms with E-state index in [9.17, 15) is 0 Å². The Labute approximate surface area is 169 Å². The first-order valence-electron chi connectivity index (χ1n) is 7.94. The average molecular weight is 421 g/mol. The number of hydrogen-bond acceptors (Lipinski definition) is 5. The van der Waals surface area contributed by atoms with E-state index in [1.54, 1.807) is 24.8 Å². The molecule has 1 aromatic carbocycles. The highest BCUT2D eigenvalue weighted by atomic mass is 35.5. The number of halogens is 3. The van der Waals surface area contributed by atoms with Crippen LogP contribution in [-0.4, -0.2) is 25.1 Å². The molecule has 3 aromatic heterocycles. The minimum absolute atomic E-state index is 0.183. The minimum atomic E-state index is -0.361. The molecule has 136 valence electrons. The van der Waals surface area contributed by atoms with Crippen molar-refractivity contribution in [1.82, 2.24) is 25.1 Å². The van der Waals surface area contributed by atoms with Crippen molar-refractivity contribution >= 4 is 45.7 Å². The zero-order chi connectivity index (χ0) is 19.0. The number of H-pyrrole nitrogens is 1. The van der Waals surface area contributed by atoms with Gasteiger partial charge in [0.15, 0.2) is 0 Å². The predicted molar refractivity (Wildman–Crippen MR) is 105 cm³/mol. The Morgan fingerprint density at radius 2 is 1.70 bits per heavy atom. The third-order valence-corrected chi connectivity index (χ3v) is 4.84. The molecule has 4 rings (SSSR count). The number of fused-ring (bicyclic) bond motifs is 1. The Kier molecular flexibility index (Phi) is 4.86. The standard InChI is InChI=1S/C18H12Cl3N5O/c1-9(16-13(19)7-22-8-14(16)20)27-11-2-3-15-12(4-11)17(26-25-15)10-5-23-18(21)24-6-10/h2-9H,1H3,(H,25,26). The number of rotatable bonds is 4. The number of pyridine rings is 1. The lowest BCUT2D eigenvalue weighted by Crippen LogP contribution is -2.05. The summed E-state index contributed by atoms with van der Waals surface area (Å²) in [6.07, 6.45) is 5.97. The summed E-state index contributed by atoms with van der Waals surface area (Å²) in [4.78, 5) is 12.0. The maximum absolute atomic E-state index is 6.22. The normalized spacial score (nSPS) is 12.3. The van der Waals surface area contributed by atoms with Crippen molar-refractivity contribution < 1.29 is 4.74 Å². The topological polar surface area (TPSA) is 76.6 Å². The van der Waals surface area contributed by atoms with Crippen LogP contribution >= 0.6 is 34.8 Å². The number of nitrogens with zero attached hydrogens (tertiary/aromatic N) is 4. The first-order valence-corrected chi connectivity index (χ1v) is 9.08. The van der Waals surface area contributed by atoms with Crippen LogP contribution in [0.25, 0.3) is 22.2 Å². The van der Waals surface area contributed by atoms with Crippen molar-refractivity contribution in [3.8, 4) is 17.0 Å². The molecule has 0 saturated heterocycles. The summed E-state index contributed by atoms with van der Waals surface area (Å²) < 4.78 is 6.06. The number of aromatic nitrogens is 5. The van der Waals surface area contributed by atoms with E-state index in [2.05, 4.69) is 25.1 Å². The molecule has 0 spiro atoms. The minimum Gasteiger partial charge on any atom is -0.486 e. The molecule has 1 atom stereocenters. The molecule has 0 bridgehead atoms. The monoisotopic (exact) mass is 419 g/mol. The molecule has 0 aliphatic carbocycles. The van der Waals surface area contributed by atoms with E-state index in [0.717, 1.165) is 16.5 Å². The van der Waals surface area contributed by atoms with Crippen LogP contribution in [0.5, 0.6) is 5.75 Å².